The smallest absolute Gasteiger partial charge is 0.236 e. The van der Waals surface area contributed by atoms with Crippen molar-refractivity contribution in [1.29, 1.82) is 0 Å². The van der Waals surface area contributed by atoms with E-state index in [9.17, 15) is 4.79 Å². The summed E-state index contributed by atoms with van der Waals surface area (Å²) in [6, 6.07) is 0.434. The van der Waals surface area contributed by atoms with Crippen molar-refractivity contribution < 1.29 is 9.90 Å². The summed E-state index contributed by atoms with van der Waals surface area (Å²) in [6.45, 7) is 1.34. The van der Waals surface area contributed by atoms with Gasteiger partial charge < -0.3 is 14.9 Å². The molecule has 0 aromatic rings. The number of aliphatic hydroxyl groups excluding tert-OH is 1. The molecule has 0 radical (unpaired) electrons. The lowest BCUT2D eigenvalue weighted by Gasteiger charge is -2.38. The molecule has 15 heavy (non-hydrogen) atoms. The van der Waals surface area contributed by atoms with Gasteiger partial charge in [0.1, 0.15) is 0 Å². The quantitative estimate of drug-likeness (QED) is 0.692. The van der Waals surface area contributed by atoms with Crippen LogP contribution in [0.3, 0.4) is 0 Å². The van der Waals surface area contributed by atoms with Crippen LogP contribution in [0.1, 0.15) is 25.7 Å². The Morgan fingerprint density at radius 2 is 2.07 bits per heavy atom. The van der Waals surface area contributed by atoms with Crippen LogP contribution in [0.2, 0.25) is 0 Å². The Morgan fingerprint density at radius 3 is 2.47 bits per heavy atom. The number of nitrogens with zero attached hydrogens (tertiary/aromatic N) is 2. The first-order valence-electron chi connectivity index (χ1n) is 5.70. The fourth-order valence-corrected chi connectivity index (χ4v) is 1.81. The summed E-state index contributed by atoms with van der Waals surface area (Å²) in [5.41, 5.74) is 0. The summed E-state index contributed by atoms with van der Waals surface area (Å²) in [6.07, 6.45) is 4.18. The van der Waals surface area contributed by atoms with Crippen LogP contribution in [0.15, 0.2) is 0 Å². The van der Waals surface area contributed by atoms with Crippen LogP contribution in [-0.4, -0.2) is 60.6 Å². The van der Waals surface area contributed by atoms with Crippen LogP contribution in [0.5, 0.6) is 0 Å². The van der Waals surface area contributed by atoms with Gasteiger partial charge in [0, 0.05) is 19.2 Å². The van der Waals surface area contributed by atoms with Crippen molar-refractivity contribution in [2.45, 2.75) is 31.7 Å². The number of rotatable bonds is 6. The van der Waals surface area contributed by atoms with Gasteiger partial charge in [-0.15, -0.1) is 0 Å². The van der Waals surface area contributed by atoms with Gasteiger partial charge in [-0.2, -0.15) is 0 Å². The molecule has 0 heterocycles. The zero-order valence-electron chi connectivity index (χ0n) is 9.78. The minimum absolute atomic E-state index is 0.165. The van der Waals surface area contributed by atoms with Crippen molar-refractivity contribution in [2.24, 2.45) is 0 Å². The molecule has 0 spiro atoms. The number of amides is 1. The van der Waals surface area contributed by atoms with Gasteiger partial charge in [0.05, 0.1) is 6.54 Å². The van der Waals surface area contributed by atoms with Crippen LogP contribution in [0.25, 0.3) is 0 Å². The van der Waals surface area contributed by atoms with E-state index in [1.54, 1.807) is 0 Å². The van der Waals surface area contributed by atoms with Gasteiger partial charge in [-0.05, 0) is 39.8 Å². The molecular formula is C11H22N2O2. The number of hydrogen-bond acceptors (Lipinski definition) is 3. The van der Waals surface area contributed by atoms with E-state index in [1.165, 1.54) is 6.42 Å². The van der Waals surface area contributed by atoms with E-state index in [1.807, 2.05) is 23.9 Å². The van der Waals surface area contributed by atoms with E-state index < -0.39 is 0 Å². The predicted molar refractivity (Wildman–Crippen MR) is 59.6 cm³/mol. The maximum Gasteiger partial charge on any atom is 0.236 e. The molecule has 0 saturated heterocycles. The van der Waals surface area contributed by atoms with Crippen LogP contribution < -0.4 is 0 Å². The van der Waals surface area contributed by atoms with Crippen molar-refractivity contribution in [2.75, 3.05) is 33.8 Å². The molecule has 0 aromatic carbocycles. The van der Waals surface area contributed by atoms with Crippen molar-refractivity contribution in [3.05, 3.63) is 0 Å². The second-order valence-corrected chi connectivity index (χ2v) is 4.49. The summed E-state index contributed by atoms with van der Waals surface area (Å²) in [7, 11) is 3.81. The highest BCUT2D eigenvalue weighted by molar-refractivity contribution is 5.78. The third-order valence-corrected chi connectivity index (χ3v) is 2.84. The highest BCUT2D eigenvalue weighted by atomic mass is 16.3. The lowest BCUT2D eigenvalue weighted by molar-refractivity contribution is -0.136. The van der Waals surface area contributed by atoms with Crippen LogP contribution in [0, 0.1) is 0 Å². The molecule has 1 N–H and O–H groups in total. The zero-order valence-corrected chi connectivity index (χ0v) is 9.78. The summed E-state index contributed by atoms with van der Waals surface area (Å²) in [5.74, 6) is 0.193. The molecule has 0 aromatic heterocycles. The first kappa shape index (κ1) is 12.5. The number of hydrogen-bond donors (Lipinski definition) is 1. The molecule has 1 rings (SSSR count). The Labute approximate surface area is 91.9 Å². The Bertz CT molecular complexity index is 203. The number of carbonyl (C=O) groups excluding carboxylic acids is 1. The molecule has 1 aliphatic carbocycles. The fourth-order valence-electron chi connectivity index (χ4n) is 1.81. The Kier molecular flexibility index (Phi) is 5.05. The fraction of sp³-hybridized carbons (Fsp3) is 0.909. The Morgan fingerprint density at radius 1 is 1.40 bits per heavy atom. The minimum atomic E-state index is 0.165. The van der Waals surface area contributed by atoms with Crippen molar-refractivity contribution in [3.63, 3.8) is 0 Å². The highest BCUT2D eigenvalue weighted by Crippen LogP contribution is 2.25. The minimum Gasteiger partial charge on any atom is -0.396 e. The topological polar surface area (TPSA) is 43.8 Å². The summed E-state index contributed by atoms with van der Waals surface area (Å²) in [5, 5.41) is 8.80. The van der Waals surface area contributed by atoms with Gasteiger partial charge in [-0.25, -0.2) is 0 Å². The van der Waals surface area contributed by atoms with Crippen LogP contribution in [0.4, 0.5) is 0 Å². The predicted octanol–water partition coefficient (Wildman–Crippen LogP) is 0.311. The maximum absolute atomic E-state index is 11.9. The Hall–Kier alpha value is -0.610. The zero-order chi connectivity index (χ0) is 11.3. The largest absolute Gasteiger partial charge is 0.396 e. The standard InChI is InChI=1S/C11H22N2O2/c1-12(2)9-11(15)13(7-4-8-14)10-5-3-6-10/h10,14H,3-9H2,1-2H3. The summed E-state index contributed by atoms with van der Waals surface area (Å²) >= 11 is 0. The normalized spacial score (nSPS) is 16.5. The third-order valence-electron chi connectivity index (χ3n) is 2.84. The van der Waals surface area contributed by atoms with Crippen molar-refractivity contribution in [3.8, 4) is 0 Å². The first-order chi connectivity index (χ1) is 7.15. The molecule has 1 amide bonds. The van der Waals surface area contributed by atoms with Crippen molar-refractivity contribution >= 4 is 5.91 Å². The Balaban J connectivity index is 2.42. The SMILES string of the molecule is CN(C)CC(=O)N(CCCO)C1CCC1. The van der Waals surface area contributed by atoms with E-state index >= 15 is 0 Å². The maximum atomic E-state index is 11.9. The molecule has 1 saturated carbocycles. The van der Waals surface area contributed by atoms with Gasteiger partial charge in [0.15, 0.2) is 0 Å². The molecule has 0 atom stereocenters. The van der Waals surface area contributed by atoms with E-state index in [4.69, 9.17) is 5.11 Å². The second kappa shape index (κ2) is 6.08. The molecule has 88 valence electrons. The molecular weight excluding hydrogens is 192 g/mol. The van der Waals surface area contributed by atoms with E-state index in [-0.39, 0.29) is 12.5 Å². The molecule has 0 unspecified atom stereocenters. The van der Waals surface area contributed by atoms with Gasteiger partial charge in [-0.1, -0.05) is 0 Å². The summed E-state index contributed by atoms with van der Waals surface area (Å²) < 4.78 is 0. The molecule has 4 heteroatoms. The van der Waals surface area contributed by atoms with E-state index in [2.05, 4.69) is 0 Å². The average molecular weight is 214 g/mol. The summed E-state index contributed by atoms with van der Waals surface area (Å²) in [4.78, 5) is 15.7. The molecule has 1 aliphatic rings. The van der Waals surface area contributed by atoms with Crippen molar-refractivity contribution in [1.82, 2.24) is 9.80 Å². The van der Waals surface area contributed by atoms with Gasteiger partial charge in [0.2, 0.25) is 5.91 Å². The van der Waals surface area contributed by atoms with Gasteiger partial charge in [-0.3, -0.25) is 4.79 Å². The lowest BCUT2D eigenvalue weighted by Crippen LogP contribution is -2.48. The van der Waals surface area contributed by atoms with E-state index in [0.717, 1.165) is 12.8 Å². The second-order valence-electron chi connectivity index (χ2n) is 4.49. The van der Waals surface area contributed by atoms with E-state index in [0.29, 0.717) is 25.6 Å². The molecule has 4 nitrogen and oxygen atoms in total. The monoisotopic (exact) mass is 214 g/mol. The number of likely N-dealkylation sites (N-methyl/N-ethyl adjacent to an activating group) is 1. The third kappa shape index (κ3) is 3.80. The number of carbonyl (C=O) groups is 1. The van der Waals surface area contributed by atoms with Crippen LogP contribution >= 0.6 is 0 Å². The van der Waals surface area contributed by atoms with Crippen LogP contribution in [-0.2, 0) is 4.79 Å². The molecule has 0 aliphatic heterocycles. The van der Waals surface area contributed by atoms with Gasteiger partial charge >= 0.3 is 0 Å². The highest BCUT2D eigenvalue weighted by Gasteiger charge is 2.28. The lowest BCUT2D eigenvalue weighted by atomic mass is 9.91. The molecule has 1 fully saturated rings. The average Bonchev–Trinajstić information content (AvgIpc) is 2.07. The number of aliphatic hydroxyl groups is 1. The first-order valence-corrected chi connectivity index (χ1v) is 5.70. The van der Waals surface area contributed by atoms with Gasteiger partial charge in [0.25, 0.3) is 0 Å². The molecule has 0 bridgehead atoms.